The zero-order valence-corrected chi connectivity index (χ0v) is 12.4. The topological polar surface area (TPSA) is 25.8 Å². The first-order valence-corrected chi connectivity index (χ1v) is 7.67. The molecule has 0 bridgehead atoms. The van der Waals surface area contributed by atoms with E-state index in [4.69, 9.17) is 0 Å². The molecule has 2 aromatic heterocycles. The van der Waals surface area contributed by atoms with Crippen LogP contribution in [0, 0.1) is 6.92 Å². The van der Waals surface area contributed by atoms with E-state index in [0.29, 0.717) is 11.8 Å². The van der Waals surface area contributed by atoms with Crippen molar-refractivity contribution in [2.75, 3.05) is 0 Å². The van der Waals surface area contributed by atoms with Crippen LogP contribution in [0.2, 0.25) is 0 Å². The fourth-order valence-corrected chi connectivity index (χ4v) is 3.81. The second kappa shape index (κ2) is 5.27. The number of aryl methyl sites for hydroxylation is 1. The van der Waals surface area contributed by atoms with Crippen molar-refractivity contribution >= 4 is 22.7 Å². The molecule has 0 spiro atoms. The van der Waals surface area contributed by atoms with E-state index in [9.17, 15) is 0 Å². The monoisotopic (exact) mass is 266 g/mol. The Morgan fingerprint density at radius 2 is 1.71 bits per heavy atom. The molecule has 0 saturated heterocycles. The summed E-state index contributed by atoms with van der Waals surface area (Å²) in [6.45, 7) is 8.82. The maximum atomic E-state index is 4.47. The van der Waals surface area contributed by atoms with E-state index in [2.05, 4.69) is 37.7 Å². The van der Waals surface area contributed by atoms with Crippen LogP contribution in [0.15, 0.2) is 11.0 Å². The predicted octanol–water partition coefficient (Wildman–Crippen LogP) is 4.38. The molecule has 2 rings (SSSR count). The molecule has 0 aliphatic rings. The van der Waals surface area contributed by atoms with Gasteiger partial charge in [-0.1, -0.05) is 20.8 Å². The summed E-state index contributed by atoms with van der Waals surface area (Å²) in [5.41, 5.74) is 6.41. The molecule has 2 aromatic rings. The quantitative estimate of drug-likeness (QED) is 0.821. The van der Waals surface area contributed by atoms with Gasteiger partial charge in [0.1, 0.15) is 0 Å². The highest BCUT2D eigenvalue weighted by Gasteiger charge is 2.17. The van der Waals surface area contributed by atoms with Crippen LogP contribution < -0.4 is 0 Å². The number of hydrogen-bond donors (Lipinski definition) is 0. The molecule has 0 aliphatic heterocycles. The van der Waals surface area contributed by atoms with Crippen LogP contribution in [0.1, 0.15) is 53.7 Å². The summed E-state index contributed by atoms with van der Waals surface area (Å²) in [5.74, 6) is 0.999. The van der Waals surface area contributed by atoms with E-state index < -0.39 is 0 Å². The van der Waals surface area contributed by atoms with E-state index in [1.54, 1.807) is 22.7 Å². The first kappa shape index (κ1) is 12.7. The van der Waals surface area contributed by atoms with Crippen molar-refractivity contribution in [1.29, 1.82) is 0 Å². The molecule has 4 heteroatoms. The minimum atomic E-state index is 0.485. The van der Waals surface area contributed by atoms with Gasteiger partial charge in [-0.05, 0) is 19.3 Å². The van der Waals surface area contributed by atoms with Crippen molar-refractivity contribution in [2.45, 2.75) is 46.0 Å². The van der Waals surface area contributed by atoms with E-state index >= 15 is 0 Å². The van der Waals surface area contributed by atoms with Gasteiger partial charge in [0, 0.05) is 15.7 Å². The molecule has 0 aliphatic carbocycles. The van der Waals surface area contributed by atoms with Gasteiger partial charge in [-0.25, -0.2) is 9.97 Å². The predicted molar refractivity (Wildman–Crippen MR) is 75.2 cm³/mol. The maximum absolute atomic E-state index is 4.47. The number of hydrogen-bond acceptors (Lipinski definition) is 4. The first-order valence-electron chi connectivity index (χ1n) is 5.91. The fraction of sp³-hybridized carbons (Fsp3) is 0.538. The number of aromatic nitrogens is 2. The maximum Gasteiger partial charge on any atom is 0.0797 e. The van der Waals surface area contributed by atoms with Crippen LogP contribution in [0.4, 0.5) is 0 Å². The van der Waals surface area contributed by atoms with Gasteiger partial charge in [0.2, 0.25) is 0 Å². The van der Waals surface area contributed by atoms with Gasteiger partial charge in [0.05, 0.1) is 22.4 Å². The van der Waals surface area contributed by atoms with E-state index in [0.717, 1.165) is 6.42 Å². The second-order valence-electron chi connectivity index (χ2n) is 4.71. The third-order valence-electron chi connectivity index (χ3n) is 2.96. The molecular weight excluding hydrogens is 248 g/mol. The molecule has 2 nitrogen and oxygen atoms in total. The molecule has 0 saturated carbocycles. The molecule has 92 valence electrons. The SMILES string of the molecule is Cc1scnc1C(C)Cc1scnc1C(C)C. The van der Waals surface area contributed by atoms with E-state index in [1.807, 2.05) is 11.0 Å². The fourth-order valence-electron chi connectivity index (χ4n) is 2.07. The van der Waals surface area contributed by atoms with Gasteiger partial charge in [-0.2, -0.15) is 0 Å². The average Bonchev–Trinajstić information content (AvgIpc) is 2.86. The van der Waals surface area contributed by atoms with Gasteiger partial charge in [-0.3, -0.25) is 0 Å². The number of rotatable bonds is 4. The van der Waals surface area contributed by atoms with Crippen molar-refractivity contribution in [2.24, 2.45) is 0 Å². The van der Waals surface area contributed by atoms with Crippen LogP contribution >= 0.6 is 22.7 Å². The third kappa shape index (κ3) is 2.75. The Kier molecular flexibility index (Phi) is 3.94. The van der Waals surface area contributed by atoms with Crippen LogP contribution in [0.25, 0.3) is 0 Å². The highest BCUT2D eigenvalue weighted by Crippen LogP contribution is 2.29. The van der Waals surface area contributed by atoms with Crippen LogP contribution in [-0.4, -0.2) is 9.97 Å². The second-order valence-corrected chi connectivity index (χ2v) is 6.71. The molecular formula is C13H18N2S2. The largest absolute Gasteiger partial charge is 0.249 e. The lowest BCUT2D eigenvalue weighted by Gasteiger charge is -2.11. The van der Waals surface area contributed by atoms with Crippen molar-refractivity contribution in [3.63, 3.8) is 0 Å². The lowest BCUT2D eigenvalue weighted by molar-refractivity contribution is 0.719. The first-order chi connectivity index (χ1) is 8.09. The summed E-state index contributed by atoms with van der Waals surface area (Å²) in [7, 11) is 0. The van der Waals surface area contributed by atoms with E-state index in [-0.39, 0.29) is 0 Å². The molecule has 17 heavy (non-hydrogen) atoms. The van der Waals surface area contributed by atoms with Crippen LogP contribution in [0.5, 0.6) is 0 Å². The zero-order valence-electron chi connectivity index (χ0n) is 10.7. The Morgan fingerprint density at radius 3 is 2.29 bits per heavy atom. The minimum absolute atomic E-state index is 0.485. The van der Waals surface area contributed by atoms with Crippen LogP contribution in [-0.2, 0) is 6.42 Å². The smallest absolute Gasteiger partial charge is 0.0797 e. The molecule has 0 fully saturated rings. The number of nitrogens with zero attached hydrogens (tertiary/aromatic N) is 2. The van der Waals surface area contributed by atoms with Crippen molar-refractivity contribution < 1.29 is 0 Å². The Morgan fingerprint density at radius 1 is 1.06 bits per heavy atom. The van der Waals surface area contributed by atoms with Gasteiger partial charge >= 0.3 is 0 Å². The average molecular weight is 266 g/mol. The lowest BCUT2D eigenvalue weighted by atomic mass is 9.99. The summed E-state index contributed by atoms with van der Waals surface area (Å²) in [6.07, 6.45) is 1.06. The third-order valence-corrected chi connectivity index (χ3v) is 4.60. The van der Waals surface area contributed by atoms with Gasteiger partial charge in [-0.15, -0.1) is 22.7 Å². The van der Waals surface area contributed by atoms with Crippen molar-refractivity contribution in [3.05, 3.63) is 32.2 Å². The molecule has 1 atom stereocenters. The molecule has 2 heterocycles. The van der Waals surface area contributed by atoms with Gasteiger partial charge in [0.25, 0.3) is 0 Å². The molecule has 0 N–H and O–H groups in total. The van der Waals surface area contributed by atoms with E-state index in [1.165, 1.54) is 21.1 Å². The van der Waals surface area contributed by atoms with Crippen molar-refractivity contribution in [3.8, 4) is 0 Å². The zero-order chi connectivity index (χ0) is 12.4. The molecule has 1 unspecified atom stereocenters. The normalized spacial score (nSPS) is 13.2. The lowest BCUT2D eigenvalue weighted by Crippen LogP contribution is -2.02. The Labute approximate surface area is 111 Å². The molecule has 0 radical (unpaired) electrons. The highest BCUT2D eigenvalue weighted by atomic mass is 32.1. The summed E-state index contributed by atoms with van der Waals surface area (Å²) in [6, 6.07) is 0. The standard InChI is InChI=1S/C13H18N2S2/c1-8(2)12-11(17-7-14-12)5-9(3)13-10(4)16-6-15-13/h6-9H,5H2,1-4H3. The summed E-state index contributed by atoms with van der Waals surface area (Å²) in [4.78, 5) is 11.7. The van der Waals surface area contributed by atoms with Crippen LogP contribution in [0.3, 0.4) is 0 Å². The Bertz CT molecular complexity index is 485. The summed E-state index contributed by atoms with van der Waals surface area (Å²) < 4.78 is 0. The van der Waals surface area contributed by atoms with Gasteiger partial charge < -0.3 is 0 Å². The molecule has 0 aromatic carbocycles. The van der Waals surface area contributed by atoms with Gasteiger partial charge in [0.15, 0.2) is 0 Å². The summed E-state index contributed by atoms with van der Waals surface area (Å²) in [5, 5.41) is 0. The Hall–Kier alpha value is -0.740. The summed E-state index contributed by atoms with van der Waals surface area (Å²) >= 11 is 3.51. The molecule has 0 amide bonds. The minimum Gasteiger partial charge on any atom is -0.249 e. The Balaban J connectivity index is 2.16. The highest BCUT2D eigenvalue weighted by molar-refractivity contribution is 7.10. The number of thiazole rings is 2. The van der Waals surface area contributed by atoms with Crippen molar-refractivity contribution in [1.82, 2.24) is 9.97 Å².